The van der Waals surface area contributed by atoms with Crippen molar-refractivity contribution < 1.29 is 14.3 Å². The highest BCUT2D eigenvalue weighted by molar-refractivity contribution is 5.96. The first-order valence-electron chi connectivity index (χ1n) is 8.77. The van der Waals surface area contributed by atoms with Crippen molar-refractivity contribution in [2.24, 2.45) is 7.05 Å². The molecule has 0 unspecified atom stereocenters. The second-order valence-electron chi connectivity index (χ2n) is 7.13. The normalized spacial score (nSPS) is 25.9. The maximum atomic E-state index is 12.8. The van der Waals surface area contributed by atoms with E-state index in [4.69, 9.17) is 4.74 Å². The summed E-state index contributed by atoms with van der Waals surface area (Å²) >= 11 is 0. The van der Waals surface area contributed by atoms with Gasteiger partial charge in [0.05, 0.1) is 24.3 Å². The molecule has 136 valence electrons. The molecule has 0 bridgehead atoms. The Bertz CT molecular complexity index is 834. The lowest BCUT2D eigenvalue weighted by molar-refractivity contribution is -0.149. The Morgan fingerprint density at radius 3 is 2.77 bits per heavy atom. The van der Waals surface area contributed by atoms with E-state index in [0.717, 1.165) is 5.69 Å². The predicted octanol–water partition coefficient (Wildman–Crippen LogP) is 1.46. The molecule has 7 nitrogen and oxygen atoms in total. The van der Waals surface area contributed by atoms with Gasteiger partial charge in [-0.25, -0.2) is 0 Å². The third-order valence-electron chi connectivity index (χ3n) is 5.26. The average Bonchev–Trinajstić information content (AvgIpc) is 3.08. The van der Waals surface area contributed by atoms with E-state index in [1.165, 1.54) is 0 Å². The number of rotatable bonds is 2. The number of ether oxygens (including phenoxy) is 1. The van der Waals surface area contributed by atoms with E-state index in [1.54, 1.807) is 29.0 Å². The molecule has 0 spiro atoms. The van der Waals surface area contributed by atoms with Gasteiger partial charge in [0.2, 0.25) is 0 Å². The van der Waals surface area contributed by atoms with Gasteiger partial charge >= 0.3 is 0 Å². The second-order valence-corrected chi connectivity index (χ2v) is 7.13. The molecule has 0 saturated carbocycles. The van der Waals surface area contributed by atoms with Crippen LogP contribution in [0.25, 0.3) is 0 Å². The monoisotopic (exact) mass is 354 g/mol. The van der Waals surface area contributed by atoms with Gasteiger partial charge in [0, 0.05) is 25.5 Å². The van der Waals surface area contributed by atoms with Crippen LogP contribution < -0.4 is 4.90 Å². The van der Waals surface area contributed by atoms with Gasteiger partial charge in [0.25, 0.3) is 11.8 Å². The van der Waals surface area contributed by atoms with Gasteiger partial charge < -0.3 is 14.5 Å². The maximum Gasteiger partial charge on any atom is 0.257 e. The molecule has 0 aliphatic carbocycles. The summed E-state index contributed by atoms with van der Waals surface area (Å²) in [6.07, 6.45) is 3.97. The summed E-state index contributed by atoms with van der Waals surface area (Å²) in [5, 5.41) is 4.08. The van der Waals surface area contributed by atoms with Crippen molar-refractivity contribution in [2.75, 3.05) is 24.6 Å². The van der Waals surface area contributed by atoms with E-state index in [1.807, 2.05) is 42.2 Å². The molecule has 2 aliphatic heterocycles. The van der Waals surface area contributed by atoms with Gasteiger partial charge in [0.1, 0.15) is 12.2 Å². The van der Waals surface area contributed by atoms with Crippen LogP contribution >= 0.6 is 0 Å². The zero-order valence-electron chi connectivity index (χ0n) is 15.0. The Labute approximate surface area is 152 Å². The molecule has 2 aliphatic rings. The number of para-hydroxylation sites is 1. The molecule has 1 aromatic carbocycles. The molecule has 2 aromatic rings. The minimum absolute atomic E-state index is 0.0246. The topological polar surface area (TPSA) is 67.7 Å². The predicted molar refractivity (Wildman–Crippen MR) is 95.8 cm³/mol. The molecule has 2 atom stereocenters. The molecule has 26 heavy (non-hydrogen) atoms. The standard InChI is InChI=1S/C19H22N4O3/c1-19-13-22(18(25)14-10-20-21(2)11-14)9-8-16(19)23(17(24)12-26-19)15-6-4-3-5-7-15/h3-7,10-11,16H,8-9,12-13H2,1-2H3/t16-,19-/m1/s1. The number of aryl methyl sites for hydroxylation is 1. The summed E-state index contributed by atoms with van der Waals surface area (Å²) < 4.78 is 7.57. The van der Waals surface area contributed by atoms with Crippen molar-refractivity contribution >= 4 is 17.5 Å². The molecule has 2 amide bonds. The molecule has 2 saturated heterocycles. The molecule has 2 fully saturated rings. The first-order chi connectivity index (χ1) is 12.5. The SMILES string of the molecule is Cn1cc(C(=O)N2CC[C@H]3N(c4ccccc4)C(=O)CO[C@]3(C)C2)cn1. The minimum atomic E-state index is -0.597. The number of anilines is 1. The fourth-order valence-corrected chi connectivity index (χ4v) is 3.96. The van der Waals surface area contributed by atoms with Crippen LogP contribution in [0.4, 0.5) is 5.69 Å². The molecular weight excluding hydrogens is 332 g/mol. The number of fused-ring (bicyclic) bond motifs is 1. The average molecular weight is 354 g/mol. The highest BCUT2D eigenvalue weighted by Gasteiger charge is 2.50. The van der Waals surface area contributed by atoms with Gasteiger partial charge in [-0.3, -0.25) is 14.3 Å². The van der Waals surface area contributed by atoms with E-state index < -0.39 is 5.60 Å². The number of piperidine rings is 1. The number of carbonyl (C=O) groups excluding carboxylic acids is 2. The van der Waals surface area contributed by atoms with Crippen LogP contribution in [-0.2, 0) is 16.6 Å². The Hall–Kier alpha value is -2.67. The summed E-state index contributed by atoms with van der Waals surface area (Å²) in [5.74, 6) is -0.0877. The van der Waals surface area contributed by atoms with Gasteiger partial charge in [-0.2, -0.15) is 5.10 Å². The zero-order chi connectivity index (χ0) is 18.3. The number of aromatic nitrogens is 2. The number of amides is 2. The lowest BCUT2D eigenvalue weighted by atomic mass is 9.85. The van der Waals surface area contributed by atoms with Gasteiger partial charge in [-0.05, 0) is 25.5 Å². The first kappa shape index (κ1) is 16.8. The highest BCUT2D eigenvalue weighted by Crippen LogP contribution is 2.36. The molecule has 0 N–H and O–H groups in total. The molecular formula is C19H22N4O3. The fourth-order valence-electron chi connectivity index (χ4n) is 3.96. The Morgan fingerprint density at radius 1 is 1.31 bits per heavy atom. The lowest BCUT2D eigenvalue weighted by Gasteiger charge is -2.52. The quantitative estimate of drug-likeness (QED) is 0.819. The van der Waals surface area contributed by atoms with Crippen molar-refractivity contribution in [2.45, 2.75) is 25.0 Å². The van der Waals surface area contributed by atoms with E-state index in [-0.39, 0.29) is 24.5 Å². The number of hydrogen-bond acceptors (Lipinski definition) is 4. The number of benzene rings is 1. The molecule has 1 aromatic heterocycles. The van der Waals surface area contributed by atoms with E-state index in [9.17, 15) is 9.59 Å². The maximum absolute atomic E-state index is 12.8. The van der Waals surface area contributed by atoms with Crippen LogP contribution in [0.1, 0.15) is 23.7 Å². The van der Waals surface area contributed by atoms with Gasteiger partial charge in [0.15, 0.2) is 0 Å². The number of hydrogen-bond donors (Lipinski definition) is 0. The highest BCUT2D eigenvalue weighted by atomic mass is 16.5. The van der Waals surface area contributed by atoms with Crippen LogP contribution in [0.3, 0.4) is 0 Å². The second kappa shape index (κ2) is 6.25. The summed E-state index contributed by atoms with van der Waals surface area (Å²) in [5.41, 5.74) is 0.852. The van der Waals surface area contributed by atoms with Crippen LogP contribution in [-0.4, -0.2) is 57.8 Å². The van der Waals surface area contributed by atoms with Crippen LogP contribution in [0.2, 0.25) is 0 Å². The van der Waals surface area contributed by atoms with Crippen LogP contribution in [0.5, 0.6) is 0 Å². The van der Waals surface area contributed by atoms with Crippen molar-refractivity contribution in [1.82, 2.24) is 14.7 Å². The number of morpholine rings is 1. The van der Waals surface area contributed by atoms with Crippen molar-refractivity contribution in [3.63, 3.8) is 0 Å². The van der Waals surface area contributed by atoms with Gasteiger partial charge in [-0.15, -0.1) is 0 Å². The number of nitrogens with zero attached hydrogens (tertiary/aromatic N) is 4. The van der Waals surface area contributed by atoms with Crippen molar-refractivity contribution in [1.29, 1.82) is 0 Å². The summed E-state index contributed by atoms with van der Waals surface area (Å²) in [6, 6.07) is 9.58. The Kier molecular flexibility index (Phi) is 4.03. The van der Waals surface area contributed by atoms with E-state index >= 15 is 0 Å². The van der Waals surface area contributed by atoms with Crippen molar-refractivity contribution in [3.8, 4) is 0 Å². The minimum Gasteiger partial charge on any atom is -0.361 e. The first-order valence-corrected chi connectivity index (χ1v) is 8.77. The third-order valence-corrected chi connectivity index (χ3v) is 5.26. The summed E-state index contributed by atoms with van der Waals surface area (Å²) in [7, 11) is 1.79. The zero-order valence-corrected chi connectivity index (χ0v) is 15.0. The lowest BCUT2D eigenvalue weighted by Crippen LogP contribution is -2.68. The van der Waals surface area contributed by atoms with E-state index in [2.05, 4.69) is 5.10 Å². The van der Waals surface area contributed by atoms with E-state index in [0.29, 0.717) is 25.1 Å². The number of likely N-dealkylation sites (tertiary alicyclic amines) is 1. The molecule has 3 heterocycles. The summed E-state index contributed by atoms with van der Waals surface area (Å²) in [6.45, 7) is 3.04. The largest absolute Gasteiger partial charge is 0.361 e. The van der Waals surface area contributed by atoms with Crippen LogP contribution in [0.15, 0.2) is 42.7 Å². The fraction of sp³-hybridized carbons (Fsp3) is 0.421. The molecule has 4 rings (SSSR count). The summed E-state index contributed by atoms with van der Waals surface area (Å²) in [4.78, 5) is 29.0. The third kappa shape index (κ3) is 2.78. The van der Waals surface area contributed by atoms with Crippen molar-refractivity contribution in [3.05, 3.63) is 48.3 Å². The molecule has 0 radical (unpaired) electrons. The molecule has 7 heteroatoms. The number of carbonyl (C=O) groups is 2. The smallest absolute Gasteiger partial charge is 0.257 e. The van der Waals surface area contributed by atoms with Gasteiger partial charge in [-0.1, -0.05) is 18.2 Å². The Morgan fingerprint density at radius 2 is 2.08 bits per heavy atom. The Balaban J connectivity index is 1.59. The van der Waals surface area contributed by atoms with Crippen LogP contribution in [0, 0.1) is 0 Å².